The first kappa shape index (κ1) is 19.4. The highest BCUT2D eigenvalue weighted by atomic mass is 35.5. The van der Waals surface area contributed by atoms with Crippen molar-refractivity contribution in [2.24, 2.45) is 0 Å². The fourth-order valence-electron chi connectivity index (χ4n) is 3.30. The summed E-state index contributed by atoms with van der Waals surface area (Å²) in [4.78, 5) is 25.0. The summed E-state index contributed by atoms with van der Waals surface area (Å²) >= 11 is 5.86. The fraction of sp³-hybridized carbons (Fsp3) is 0.0909. The SMILES string of the molecule is O=C(NCCc1ccc(Cl)cc1)c1ccc2c(c1)S(=O)(=O)c1ccccc1C2=O. The summed E-state index contributed by atoms with van der Waals surface area (Å²) in [5.74, 6) is -0.761. The summed E-state index contributed by atoms with van der Waals surface area (Å²) in [6, 6.07) is 17.6. The zero-order valence-electron chi connectivity index (χ0n) is 15.2. The number of hydrogen-bond acceptors (Lipinski definition) is 4. The van der Waals surface area contributed by atoms with Crippen LogP contribution in [0.3, 0.4) is 0 Å². The van der Waals surface area contributed by atoms with Crippen molar-refractivity contribution in [3.63, 3.8) is 0 Å². The van der Waals surface area contributed by atoms with Gasteiger partial charge in [0.15, 0.2) is 5.78 Å². The molecule has 1 aliphatic rings. The van der Waals surface area contributed by atoms with Crippen LogP contribution in [-0.2, 0) is 16.3 Å². The van der Waals surface area contributed by atoms with Crippen molar-refractivity contribution < 1.29 is 18.0 Å². The first-order valence-corrected chi connectivity index (χ1v) is 10.8. The van der Waals surface area contributed by atoms with E-state index in [1.807, 2.05) is 12.1 Å². The topological polar surface area (TPSA) is 80.3 Å². The van der Waals surface area contributed by atoms with Crippen LogP contribution in [-0.4, -0.2) is 26.7 Å². The number of nitrogens with one attached hydrogen (secondary N) is 1. The summed E-state index contributed by atoms with van der Waals surface area (Å²) in [5.41, 5.74) is 1.45. The summed E-state index contributed by atoms with van der Waals surface area (Å²) in [7, 11) is -3.87. The van der Waals surface area contributed by atoms with E-state index in [0.717, 1.165) is 5.56 Å². The van der Waals surface area contributed by atoms with Crippen molar-refractivity contribution >= 4 is 33.1 Å². The van der Waals surface area contributed by atoms with Gasteiger partial charge in [-0.15, -0.1) is 0 Å². The maximum absolute atomic E-state index is 12.9. The van der Waals surface area contributed by atoms with E-state index in [1.54, 1.807) is 24.3 Å². The largest absolute Gasteiger partial charge is 0.352 e. The van der Waals surface area contributed by atoms with Crippen LogP contribution in [0.25, 0.3) is 0 Å². The Morgan fingerprint density at radius 2 is 1.59 bits per heavy atom. The number of ketones is 1. The van der Waals surface area contributed by atoms with Gasteiger partial charge < -0.3 is 5.32 Å². The van der Waals surface area contributed by atoms with Gasteiger partial charge in [-0.1, -0.05) is 35.9 Å². The van der Waals surface area contributed by atoms with Gasteiger partial charge in [-0.25, -0.2) is 8.42 Å². The van der Waals surface area contributed by atoms with Crippen LogP contribution in [0, 0.1) is 0 Å². The monoisotopic (exact) mass is 425 g/mol. The van der Waals surface area contributed by atoms with Crippen LogP contribution in [0.15, 0.2) is 76.5 Å². The Balaban J connectivity index is 1.56. The third-order valence-electron chi connectivity index (χ3n) is 4.81. The number of fused-ring (bicyclic) bond motifs is 2. The second-order valence-electron chi connectivity index (χ2n) is 6.67. The average Bonchev–Trinajstić information content (AvgIpc) is 2.73. The van der Waals surface area contributed by atoms with Gasteiger partial charge in [0.2, 0.25) is 9.84 Å². The average molecular weight is 426 g/mol. The van der Waals surface area contributed by atoms with Crippen LogP contribution >= 0.6 is 11.6 Å². The molecule has 0 saturated carbocycles. The molecule has 0 fully saturated rings. The van der Waals surface area contributed by atoms with E-state index in [1.165, 1.54) is 30.3 Å². The highest BCUT2D eigenvalue weighted by Crippen LogP contribution is 2.34. The van der Waals surface area contributed by atoms with Crippen molar-refractivity contribution in [3.05, 3.63) is 94.0 Å². The second kappa shape index (κ2) is 7.46. The van der Waals surface area contributed by atoms with Gasteiger partial charge in [0.1, 0.15) is 0 Å². The van der Waals surface area contributed by atoms with Crippen molar-refractivity contribution in [2.45, 2.75) is 16.2 Å². The molecule has 4 rings (SSSR count). The number of halogens is 1. The van der Waals surface area contributed by atoms with Gasteiger partial charge in [-0.2, -0.15) is 0 Å². The molecule has 0 spiro atoms. The Morgan fingerprint density at radius 1 is 0.897 bits per heavy atom. The van der Waals surface area contributed by atoms with E-state index in [-0.39, 0.29) is 32.3 Å². The molecule has 1 amide bonds. The molecule has 1 N–H and O–H groups in total. The maximum Gasteiger partial charge on any atom is 0.251 e. The van der Waals surface area contributed by atoms with Crippen LogP contribution in [0.1, 0.15) is 31.8 Å². The standard InChI is InChI=1S/C22H16ClNO4S/c23-16-8-5-14(6-9-16)11-12-24-22(26)15-7-10-18-20(13-15)29(27,28)19-4-2-1-3-17(19)21(18)25/h1-10,13H,11-12H2,(H,24,26). The Kier molecular flexibility index (Phi) is 4.98. The minimum Gasteiger partial charge on any atom is -0.352 e. The maximum atomic E-state index is 12.9. The lowest BCUT2D eigenvalue weighted by molar-refractivity contribution is 0.0952. The number of rotatable bonds is 4. The molecule has 0 aliphatic carbocycles. The molecule has 29 heavy (non-hydrogen) atoms. The Morgan fingerprint density at radius 3 is 2.34 bits per heavy atom. The van der Waals surface area contributed by atoms with Crippen molar-refractivity contribution in [1.82, 2.24) is 5.32 Å². The minimum atomic E-state index is -3.87. The van der Waals surface area contributed by atoms with Crippen molar-refractivity contribution in [3.8, 4) is 0 Å². The summed E-state index contributed by atoms with van der Waals surface area (Å²) in [6.07, 6.45) is 0.609. The van der Waals surface area contributed by atoms with Gasteiger partial charge >= 0.3 is 0 Å². The lowest BCUT2D eigenvalue weighted by Crippen LogP contribution is -2.27. The molecule has 5 nitrogen and oxygen atoms in total. The van der Waals surface area contributed by atoms with E-state index >= 15 is 0 Å². The first-order chi connectivity index (χ1) is 13.9. The zero-order valence-corrected chi connectivity index (χ0v) is 16.8. The Hall–Kier alpha value is -2.96. The number of carbonyl (C=O) groups is 2. The highest BCUT2D eigenvalue weighted by Gasteiger charge is 2.34. The van der Waals surface area contributed by atoms with Crippen LogP contribution in [0.5, 0.6) is 0 Å². The quantitative estimate of drug-likeness (QED) is 0.540. The molecule has 7 heteroatoms. The van der Waals surface area contributed by atoms with E-state index < -0.39 is 15.7 Å². The van der Waals surface area contributed by atoms with Crippen molar-refractivity contribution in [2.75, 3.05) is 6.54 Å². The number of hydrogen-bond donors (Lipinski definition) is 1. The van der Waals surface area contributed by atoms with Crippen LogP contribution < -0.4 is 5.32 Å². The van der Waals surface area contributed by atoms with Crippen LogP contribution in [0.2, 0.25) is 5.02 Å². The van der Waals surface area contributed by atoms with E-state index in [4.69, 9.17) is 11.6 Å². The lowest BCUT2D eigenvalue weighted by Gasteiger charge is -2.19. The molecular weight excluding hydrogens is 410 g/mol. The Labute approximate surface area is 173 Å². The van der Waals surface area contributed by atoms with Crippen LogP contribution in [0.4, 0.5) is 0 Å². The number of amides is 1. The molecule has 146 valence electrons. The molecule has 0 bridgehead atoms. The summed E-state index contributed by atoms with van der Waals surface area (Å²) in [5, 5.41) is 3.42. The third kappa shape index (κ3) is 3.57. The molecule has 0 unspecified atom stereocenters. The zero-order chi connectivity index (χ0) is 20.6. The Bertz CT molecular complexity index is 1230. The number of benzene rings is 3. The lowest BCUT2D eigenvalue weighted by atomic mass is 10.0. The summed E-state index contributed by atoms with van der Waals surface area (Å²) < 4.78 is 25.9. The number of carbonyl (C=O) groups excluding carboxylic acids is 2. The van der Waals surface area contributed by atoms with E-state index in [9.17, 15) is 18.0 Å². The van der Waals surface area contributed by atoms with Gasteiger partial charge in [-0.05, 0) is 54.4 Å². The molecule has 1 aliphatic heterocycles. The fourth-order valence-corrected chi connectivity index (χ4v) is 5.10. The first-order valence-electron chi connectivity index (χ1n) is 8.93. The summed E-state index contributed by atoms with van der Waals surface area (Å²) in [6.45, 7) is 0.381. The van der Waals surface area contributed by atoms with Gasteiger partial charge in [0.25, 0.3) is 5.91 Å². The van der Waals surface area contributed by atoms with Gasteiger partial charge in [0, 0.05) is 28.3 Å². The minimum absolute atomic E-state index is 0.0298. The highest BCUT2D eigenvalue weighted by molar-refractivity contribution is 7.91. The number of sulfone groups is 1. The molecule has 1 heterocycles. The molecule has 3 aromatic rings. The second-order valence-corrected chi connectivity index (χ2v) is 8.99. The predicted molar refractivity (Wildman–Crippen MR) is 109 cm³/mol. The third-order valence-corrected chi connectivity index (χ3v) is 6.92. The predicted octanol–water partition coefficient (Wildman–Crippen LogP) is 3.69. The smallest absolute Gasteiger partial charge is 0.251 e. The van der Waals surface area contributed by atoms with Gasteiger partial charge in [0.05, 0.1) is 9.79 Å². The molecule has 0 atom stereocenters. The molecule has 0 aromatic heterocycles. The van der Waals surface area contributed by atoms with Gasteiger partial charge in [-0.3, -0.25) is 9.59 Å². The van der Waals surface area contributed by atoms with E-state index in [0.29, 0.717) is 18.0 Å². The molecule has 3 aromatic carbocycles. The van der Waals surface area contributed by atoms with Crippen molar-refractivity contribution in [1.29, 1.82) is 0 Å². The van der Waals surface area contributed by atoms with E-state index in [2.05, 4.69) is 5.32 Å². The normalized spacial score (nSPS) is 14.0. The molecule has 0 saturated heterocycles. The molecular formula is C22H16ClNO4S. The molecule has 0 radical (unpaired) electrons.